The third kappa shape index (κ3) is 1.91. The predicted octanol–water partition coefficient (Wildman–Crippen LogP) is 0.401. The molecule has 1 aromatic carbocycles. The highest BCUT2D eigenvalue weighted by Crippen LogP contribution is 2.45. The summed E-state index contributed by atoms with van der Waals surface area (Å²) < 4.78 is 25.4. The van der Waals surface area contributed by atoms with Crippen LogP contribution in [-0.4, -0.2) is 49.9 Å². The van der Waals surface area contributed by atoms with Gasteiger partial charge in [-0.1, -0.05) is 12.1 Å². The first-order chi connectivity index (χ1) is 9.97. The Balaban J connectivity index is 2.69. The molecule has 1 aliphatic heterocycles. The van der Waals surface area contributed by atoms with Gasteiger partial charge in [-0.25, -0.2) is 9.59 Å². The molecule has 8 heteroatoms. The molecule has 21 heavy (non-hydrogen) atoms. The van der Waals surface area contributed by atoms with Crippen LogP contribution in [0.25, 0.3) is 0 Å². The minimum atomic E-state index is -2.55. The van der Waals surface area contributed by atoms with Gasteiger partial charge in [-0.3, -0.25) is 0 Å². The SMILES string of the molecule is COC(=O)C1(OC)Oc2ccccc2OC1(OC)C(=O)O. The molecule has 1 heterocycles. The second-order valence-electron chi connectivity index (χ2n) is 4.09. The number of carbonyl (C=O) groups is 2. The first kappa shape index (κ1) is 15.1. The van der Waals surface area contributed by atoms with E-state index in [-0.39, 0.29) is 11.5 Å². The Hall–Kier alpha value is -2.32. The van der Waals surface area contributed by atoms with Crippen LogP contribution in [0.15, 0.2) is 24.3 Å². The number of para-hydroxylation sites is 2. The summed E-state index contributed by atoms with van der Waals surface area (Å²) in [7, 11) is 3.21. The summed E-state index contributed by atoms with van der Waals surface area (Å²) in [6, 6.07) is 6.21. The summed E-state index contributed by atoms with van der Waals surface area (Å²) >= 11 is 0. The van der Waals surface area contributed by atoms with Gasteiger partial charge in [0.2, 0.25) is 0 Å². The Morgan fingerprint density at radius 2 is 1.48 bits per heavy atom. The lowest BCUT2D eigenvalue weighted by Crippen LogP contribution is -2.73. The highest BCUT2D eigenvalue weighted by molar-refractivity contribution is 5.91. The molecule has 0 spiro atoms. The normalized spacial score (nSPS) is 27.0. The molecule has 0 aromatic heterocycles. The topological polar surface area (TPSA) is 101 Å². The fourth-order valence-corrected chi connectivity index (χ4v) is 2.08. The minimum absolute atomic E-state index is 0.0957. The van der Waals surface area contributed by atoms with Crippen LogP contribution < -0.4 is 9.47 Å². The van der Waals surface area contributed by atoms with E-state index in [1.165, 1.54) is 12.1 Å². The zero-order valence-electron chi connectivity index (χ0n) is 11.6. The van der Waals surface area contributed by atoms with Gasteiger partial charge in [-0.15, -0.1) is 0 Å². The smallest absolute Gasteiger partial charge is 0.390 e. The van der Waals surface area contributed by atoms with Crippen molar-refractivity contribution >= 4 is 11.9 Å². The largest absolute Gasteiger partial charge is 0.476 e. The maximum Gasteiger partial charge on any atom is 0.390 e. The molecular weight excluding hydrogens is 284 g/mol. The summed E-state index contributed by atoms with van der Waals surface area (Å²) in [5.74, 6) is -7.49. The molecule has 0 bridgehead atoms. The lowest BCUT2D eigenvalue weighted by atomic mass is 10.0. The molecule has 8 nitrogen and oxygen atoms in total. The van der Waals surface area contributed by atoms with E-state index in [4.69, 9.17) is 18.9 Å². The third-order valence-electron chi connectivity index (χ3n) is 3.10. The van der Waals surface area contributed by atoms with E-state index < -0.39 is 23.5 Å². The number of ether oxygens (including phenoxy) is 5. The van der Waals surface area contributed by atoms with Crippen LogP contribution in [0.3, 0.4) is 0 Å². The van der Waals surface area contributed by atoms with Crippen molar-refractivity contribution in [3.63, 3.8) is 0 Å². The average Bonchev–Trinajstić information content (AvgIpc) is 2.51. The first-order valence-corrected chi connectivity index (χ1v) is 5.86. The molecule has 1 N–H and O–H groups in total. The van der Waals surface area contributed by atoms with Gasteiger partial charge >= 0.3 is 23.5 Å². The second-order valence-corrected chi connectivity index (χ2v) is 4.09. The Labute approximate surface area is 120 Å². The number of rotatable bonds is 4. The van der Waals surface area contributed by atoms with Crippen LogP contribution in [0.1, 0.15) is 0 Å². The Kier molecular flexibility index (Phi) is 3.75. The number of fused-ring (bicyclic) bond motifs is 1. The minimum Gasteiger partial charge on any atom is -0.476 e. The van der Waals surface area contributed by atoms with Crippen LogP contribution in [0.2, 0.25) is 0 Å². The van der Waals surface area contributed by atoms with Crippen LogP contribution in [0.4, 0.5) is 0 Å². The second kappa shape index (κ2) is 5.23. The summed E-state index contributed by atoms with van der Waals surface area (Å²) in [5.41, 5.74) is 0. The van der Waals surface area contributed by atoms with Crippen molar-refractivity contribution in [2.24, 2.45) is 0 Å². The number of benzene rings is 1. The molecule has 2 rings (SSSR count). The fraction of sp³-hybridized carbons (Fsp3) is 0.385. The molecule has 0 fully saturated rings. The van der Waals surface area contributed by atoms with E-state index in [9.17, 15) is 14.7 Å². The van der Waals surface area contributed by atoms with Crippen molar-refractivity contribution in [3.8, 4) is 11.5 Å². The molecule has 2 atom stereocenters. The van der Waals surface area contributed by atoms with Crippen LogP contribution in [0.5, 0.6) is 11.5 Å². The van der Waals surface area contributed by atoms with Crippen LogP contribution in [0, 0.1) is 0 Å². The standard InChI is InChI=1S/C13H14O8/c1-17-11(16)13(19-3)12(18-2,10(14)15)20-8-6-4-5-7-9(8)21-13/h4-7H,1-3H3,(H,14,15). The molecule has 0 aliphatic carbocycles. The van der Waals surface area contributed by atoms with Crippen molar-refractivity contribution in [2.45, 2.75) is 11.6 Å². The Bertz CT molecular complexity index is 571. The summed E-state index contributed by atoms with van der Waals surface area (Å²) in [4.78, 5) is 23.8. The van der Waals surface area contributed by atoms with Gasteiger partial charge in [-0.05, 0) is 12.1 Å². The van der Waals surface area contributed by atoms with Crippen molar-refractivity contribution in [2.75, 3.05) is 21.3 Å². The highest BCUT2D eigenvalue weighted by atomic mass is 16.8. The number of hydrogen-bond donors (Lipinski definition) is 1. The molecule has 2 unspecified atom stereocenters. The van der Waals surface area contributed by atoms with E-state index in [1.807, 2.05) is 0 Å². The van der Waals surface area contributed by atoms with Crippen molar-refractivity contribution in [3.05, 3.63) is 24.3 Å². The molecule has 1 aliphatic rings. The van der Waals surface area contributed by atoms with Gasteiger partial charge in [0.15, 0.2) is 11.5 Å². The number of esters is 1. The zero-order valence-corrected chi connectivity index (χ0v) is 11.6. The van der Waals surface area contributed by atoms with E-state index in [0.717, 1.165) is 21.3 Å². The van der Waals surface area contributed by atoms with Gasteiger partial charge in [0.1, 0.15) is 0 Å². The van der Waals surface area contributed by atoms with Gasteiger partial charge in [0, 0.05) is 14.2 Å². The fourth-order valence-electron chi connectivity index (χ4n) is 2.08. The van der Waals surface area contributed by atoms with Crippen LogP contribution in [-0.2, 0) is 23.8 Å². The van der Waals surface area contributed by atoms with E-state index >= 15 is 0 Å². The van der Waals surface area contributed by atoms with Gasteiger partial charge in [0.25, 0.3) is 0 Å². The maximum atomic E-state index is 12.1. The monoisotopic (exact) mass is 298 g/mol. The third-order valence-corrected chi connectivity index (χ3v) is 3.10. The molecule has 0 saturated carbocycles. The molecule has 0 radical (unpaired) electrons. The van der Waals surface area contributed by atoms with Crippen molar-refractivity contribution in [1.29, 1.82) is 0 Å². The van der Waals surface area contributed by atoms with Crippen molar-refractivity contribution in [1.82, 2.24) is 0 Å². The number of methoxy groups -OCH3 is 3. The van der Waals surface area contributed by atoms with Gasteiger partial charge in [-0.2, -0.15) is 0 Å². The lowest BCUT2D eigenvalue weighted by molar-refractivity contribution is -0.339. The molecule has 0 amide bonds. The van der Waals surface area contributed by atoms with Crippen LogP contribution >= 0.6 is 0 Å². The van der Waals surface area contributed by atoms with E-state index in [1.54, 1.807) is 12.1 Å². The van der Waals surface area contributed by atoms with Crippen molar-refractivity contribution < 1.29 is 38.4 Å². The number of carbonyl (C=O) groups excluding carboxylic acids is 1. The summed E-state index contributed by atoms with van der Waals surface area (Å²) in [5, 5.41) is 9.51. The molecule has 1 aromatic rings. The number of aliphatic carboxylic acids is 1. The quantitative estimate of drug-likeness (QED) is 0.797. The predicted molar refractivity (Wildman–Crippen MR) is 66.8 cm³/mol. The summed E-state index contributed by atoms with van der Waals surface area (Å²) in [6.45, 7) is 0. The maximum absolute atomic E-state index is 12.1. The molecule has 114 valence electrons. The zero-order chi connectivity index (χ0) is 15.7. The number of carboxylic acids is 1. The Morgan fingerprint density at radius 1 is 1.00 bits per heavy atom. The lowest BCUT2D eigenvalue weighted by Gasteiger charge is -2.44. The number of carboxylic acid groups (broad SMARTS) is 1. The Morgan fingerprint density at radius 3 is 1.86 bits per heavy atom. The summed E-state index contributed by atoms with van der Waals surface area (Å²) in [6.07, 6.45) is 0. The van der Waals surface area contributed by atoms with Gasteiger partial charge in [0.05, 0.1) is 7.11 Å². The highest BCUT2D eigenvalue weighted by Gasteiger charge is 2.72. The average molecular weight is 298 g/mol. The van der Waals surface area contributed by atoms with E-state index in [2.05, 4.69) is 4.74 Å². The molecular formula is C13H14O8. The molecule has 0 saturated heterocycles. The van der Waals surface area contributed by atoms with Gasteiger partial charge < -0.3 is 28.8 Å². The first-order valence-electron chi connectivity index (χ1n) is 5.86. The van der Waals surface area contributed by atoms with E-state index in [0.29, 0.717) is 0 Å². The number of hydrogen-bond acceptors (Lipinski definition) is 7.